The van der Waals surface area contributed by atoms with Crippen molar-refractivity contribution in [3.8, 4) is 5.75 Å². The van der Waals surface area contributed by atoms with Crippen molar-refractivity contribution in [1.29, 1.82) is 0 Å². The van der Waals surface area contributed by atoms with Gasteiger partial charge in [0.1, 0.15) is 5.75 Å². The van der Waals surface area contributed by atoms with E-state index in [0.29, 0.717) is 34.3 Å². The lowest BCUT2D eigenvalue weighted by Gasteiger charge is -2.28. The van der Waals surface area contributed by atoms with Crippen LogP contribution >= 0.6 is 11.6 Å². The third-order valence-electron chi connectivity index (χ3n) is 6.22. The predicted molar refractivity (Wildman–Crippen MR) is 150 cm³/mol. The number of aromatic nitrogens is 2. The number of ether oxygens (including phenoxy) is 1. The van der Waals surface area contributed by atoms with Crippen LogP contribution in [0.5, 0.6) is 5.75 Å². The highest BCUT2D eigenvalue weighted by Gasteiger charge is 2.28. The molecule has 8 nitrogen and oxygen atoms in total. The van der Waals surface area contributed by atoms with Crippen LogP contribution in [0.1, 0.15) is 18.9 Å². The van der Waals surface area contributed by atoms with Crippen molar-refractivity contribution in [2.75, 3.05) is 29.1 Å². The summed E-state index contributed by atoms with van der Waals surface area (Å²) in [5.41, 5.74) is 1.25. The van der Waals surface area contributed by atoms with Crippen LogP contribution in [0.4, 0.5) is 21.5 Å². The zero-order chi connectivity index (χ0) is 27.6. The van der Waals surface area contributed by atoms with Gasteiger partial charge in [0.25, 0.3) is 5.56 Å². The van der Waals surface area contributed by atoms with Gasteiger partial charge in [-0.25, -0.2) is 17.8 Å². The largest absolute Gasteiger partial charge is 0.497 e. The van der Waals surface area contributed by atoms with E-state index >= 15 is 4.39 Å². The first kappa shape index (κ1) is 27.4. The first-order valence-corrected chi connectivity index (χ1v) is 13.9. The summed E-state index contributed by atoms with van der Waals surface area (Å²) in [6.07, 6.45) is 1.80. The summed E-state index contributed by atoms with van der Waals surface area (Å²) < 4.78 is 50.5. The zero-order valence-corrected chi connectivity index (χ0v) is 23.1. The summed E-state index contributed by atoms with van der Waals surface area (Å²) in [6.45, 7) is 1.67. The summed E-state index contributed by atoms with van der Waals surface area (Å²) in [5, 5.41) is 0.448. The smallest absolute Gasteiger partial charge is 0.260 e. The van der Waals surface area contributed by atoms with E-state index < -0.39 is 15.8 Å². The lowest BCUT2D eigenvalue weighted by atomic mass is 10.1. The predicted octanol–water partition coefficient (Wildman–Crippen LogP) is 5.25. The summed E-state index contributed by atoms with van der Waals surface area (Å²) >= 11 is 6.45. The molecule has 0 radical (unpaired) electrons. The van der Waals surface area contributed by atoms with Gasteiger partial charge < -0.3 is 14.2 Å². The Bertz CT molecular complexity index is 1640. The summed E-state index contributed by atoms with van der Waals surface area (Å²) in [5.74, 6) is -0.330. The molecule has 38 heavy (non-hydrogen) atoms. The Labute approximate surface area is 225 Å². The highest BCUT2D eigenvalue weighted by atomic mass is 35.5. The van der Waals surface area contributed by atoms with E-state index in [1.165, 1.54) is 35.0 Å². The summed E-state index contributed by atoms with van der Waals surface area (Å²) in [6, 6.07) is 14.7. The first-order chi connectivity index (χ1) is 18.1. The molecular weight excluding hydrogens is 531 g/mol. The molecule has 0 fully saturated rings. The molecule has 0 saturated heterocycles. The normalized spacial score (nSPS) is 11.5. The molecule has 1 aromatic heterocycles. The average molecular weight is 559 g/mol. The molecule has 0 aliphatic rings. The highest BCUT2D eigenvalue weighted by Crippen LogP contribution is 2.39. The van der Waals surface area contributed by atoms with Crippen LogP contribution < -0.4 is 19.5 Å². The van der Waals surface area contributed by atoms with Crippen molar-refractivity contribution in [3.05, 3.63) is 87.7 Å². The quantitative estimate of drug-likeness (QED) is 0.279. The van der Waals surface area contributed by atoms with Gasteiger partial charge in [-0.15, -0.1) is 0 Å². The average Bonchev–Trinajstić information content (AvgIpc) is 2.90. The standard InChI is InChI=1S/C27H28ClFN4O4S/c1-5-14-38(35,36)33(16-18-6-9-20(37-4)10-7-18)24-13-11-22(28)26(25(24)29)32(3)19-8-12-23-21(15-19)27(34)31(2)17-30-23/h6-13,15,17H,5,14,16H2,1-4H3. The van der Waals surface area contributed by atoms with Crippen LogP contribution in [0.15, 0.2) is 65.7 Å². The van der Waals surface area contributed by atoms with Crippen molar-refractivity contribution in [2.24, 2.45) is 7.05 Å². The van der Waals surface area contributed by atoms with Crippen molar-refractivity contribution in [2.45, 2.75) is 19.9 Å². The van der Waals surface area contributed by atoms with Crippen LogP contribution in [0.2, 0.25) is 5.02 Å². The molecule has 200 valence electrons. The number of sulfonamides is 1. The monoisotopic (exact) mass is 558 g/mol. The SMILES string of the molecule is CCCS(=O)(=O)N(Cc1ccc(OC)cc1)c1ccc(Cl)c(N(C)c2ccc3ncn(C)c(=O)c3c2)c1F. The van der Waals surface area contributed by atoms with Gasteiger partial charge in [-0.3, -0.25) is 9.10 Å². The number of aryl methyl sites for hydroxylation is 1. The topological polar surface area (TPSA) is 84.7 Å². The molecule has 4 rings (SSSR count). The number of methoxy groups -OCH3 is 1. The molecule has 4 aromatic rings. The number of hydrogen-bond donors (Lipinski definition) is 0. The number of benzene rings is 3. The molecule has 0 N–H and O–H groups in total. The molecule has 0 spiro atoms. The van der Waals surface area contributed by atoms with Crippen molar-refractivity contribution < 1.29 is 17.5 Å². The molecule has 3 aromatic carbocycles. The second kappa shape index (κ2) is 11.0. The molecule has 0 aliphatic heterocycles. The Morgan fingerprint density at radius 3 is 2.47 bits per heavy atom. The van der Waals surface area contributed by atoms with Crippen LogP contribution in [0.3, 0.4) is 0 Å². The Hall–Kier alpha value is -3.63. The minimum atomic E-state index is -3.87. The second-order valence-corrected chi connectivity index (χ2v) is 11.2. The van der Waals surface area contributed by atoms with Gasteiger partial charge in [0.05, 0.1) is 53.0 Å². The van der Waals surface area contributed by atoms with E-state index in [2.05, 4.69) is 4.98 Å². The molecule has 0 saturated carbocycles. The zero-order valence-electron chi connectivity index (χ0n) is 21.5. The fraction of sp³-hybridized carbons (Fsp3) is 0.259. The molecule has 0 unspecified atom stereocenters. The molecule has 0 bridgehead atoms. The Balaban J connectivity index is 1.82. The molecule has 0 aliphatic carbocycles. The maximum Gasteiger partial charge on any atom is 0.260 e. The highest BCUT2D eigenvalue weighted by molar-refractivity contribution is 7.92. The van der Waals surface area contributed by atoms with Gasteiger partial charge in [-0.1, -0.05) is 30.7 Å². The number of halogens is 2. The van der Waals surface area contributed by atoms with Gasteiger partial charge >= 0.3 is 0 Å². The number of hydrogen-bond acceptors (Lipinski definition) is 6. The molecule has 1 heterocycles. The van der Waals surface area contributed by atoms with E-state index in [9.17, 15) is 13.2 Å². The van der Waals surface area contributed by atoms with E-state index in [-0.39, 0.29) is 34.3 Å². The van der Waals surface area contributed by atoms with Crippen molar-refractivity contribution in [3.63, 3.8) is 0 Å². The number of nitrogens with zero attached hydrogens (tertiary/aromatic N) is 4. The van der Waals surface area contributed by atoms with E-state index in [1.54, 1.807) is 63.5 Å². The maximum absolute atomic E-state index is 16.2. The lowest BCUT2D eigenvalue weighted by Crippen LogP contribution is -2.33. The molecule has 0 atom stereocenters. The molecule has 0 amide bonds. The maximum atomic E-state index is 16.2. The van der Waals surface area contributed by atoms with Crippen molar-refractivity contribution >= 4 is 49.6 Å². The van der Waals surface area contributed by atoms with Crippen LogP contribution in [-0.4, -0.2) is 37.9 Å². The van der Waals surface area contributed by atoms with Crippen LogP contribution in [0.25, 0.3) is 10.9 Å². The van der Waals surface area contributed by atoms with E-state index in [1.807, 2.05) is 0 Å². The number of anilines is 3. The number of fused-ring (bicyclic) bond motifs is 1. The number of rotatable bonds is 9. The van der Waals surface area contributed by atoms with Crippen LogP contribution in [0, 0.1) is 5.82 Å². The minimum Gasteiger partial charge on any atom is -0.497 e. The third kappa shape index (κ3) is 5.32. The summed E-state index contributed by atoms with van der Waals surface area (Å²) in [7, 11) is 0.865. The van der Waals surface area contributed by atoms with E-state index in [0.717, 1.165) is 4.31 Å². The van der Waals surface area contributed by atoms with Crippen molar-refractivity contribution in [1.82, 2.24) is 9.55 Å². The second-order valence-electron chi connectivity index (χ2n) is 8.82. The van der Waals surface area contributed by atoms with Gasteiger partial charge in [0, 0.05) is 19.8 Å². The van der Waals surface area contributed by atoms with Gasteiger partial charge in [0.2, 0.25) is 10.0 Å². The van der Waals surface area contributed by atoms with Gasteiger partial charge in [-0.2, -0.15) is 0 Å². The molecule has 11 heteroatoms. The Morgan fingerprint density at radius 2 is 1.82 bits per heavy atom. The van der Waals surface area contributed by atoms with Gasteiger partial charge in [0.15, 0.2) is 5.82 Å². The lowest BCUT2D eigenvalue weighted by molar-refractivity contribution is 0.414. The Morgan fingerprint density at radius 1 is 1.11 bits per heavy atom. The molecular formula is C27H28ClFN4O4S. The van der Waals surface area contributed by atoms with Crippen LogP contribution in [-0.2, 0) is 23.6 Å². The Kier molecular flexibility index (Phi) is 7.94. The fourth-order valence-electron chi connectivity index (χ4n) is 4.17. The third-order valence-corrected chi connectivity index (χ3v) is 8.45. The fourth-order valence-corrected chi connectivity index (χ4v) is 5.96. The minimum absolute atomic E-state index is 0.0179. The first-order valence-electron chi connectivity index (χ1n) is 11.9. The van der Waals surface area contributed by atoms with Gasteiger partial charge in [-0.05, 0) is 54.4 Å². The summed E-state index contributed by atoms with van der Waals surface area (Å²) in [4.78, 5) is 18.4. The van der Waals surface area contributed by atoms with E-state index in [4.69, 9.17) is 16.3 Å².